The fraction of sp³-hybridized carbons (Fsp3) is 0.769. The predicted octanol–water partition coefficient (Wildman–Crippen LogP) is 1.15. The van der Waals surface area contributed by atoms with E-state index in [2.05, 4.69) is 44.9 Å². The van der Waals surface area contributed by atoms with Gasteiger partial charge in [-0.1, -0.05) is 20.8 Å². The standard InChI is InChI=1S/C13H28N5P/c1-13(2,3)12-9-18(6-5-17(12)10-15)16(4)8-11(19)7-14/h7-8,12,14H,5-6,9-10,15,19H2,1-4H3/b11-8+,14-7?. The molecule has 2 atom stereocenters. The summed E-state index contributed by atoms with van der Waals surface area (Å²) in [4.78, 5) is 2.35. The molecule has 6 heteroatoms. The first-order valence-corrected chi connectivity index (χ1v) is 7.27. The molecule has 0 amide bonds. The van der Waals surface area contributed by atoms with Gasteiger partial charge in [0, 0.05) is 57.1 Å². The van der Waals surface area contributed by atoms with E-state index in [-0.39, 0.29) is 5.41 Å². The van der Waals surface area contributed by atoms with Gasteiger partial charge < -0.3 is 16.2 Å². The largest absolute Gasteiger partial charge is 0.318 e. The molecule has 1 fully saturated rings. The van der Waals surface area contributed by atoms with Crippen molar-refractivity contribution < 1.29 is 0 Å². The van der Waals surface area contributed by atoms with E-state index in [9.17, 15) is 0 Å². The predicted molar refractivity (Wildman–Crippen MR) is 84.9 cm³/mol. The molecule has 1 aliphatic heterocycles. The summed E-state index contributed by atoms with van der Waals surface area (Å²) in [5, 5.41) is 12.5. The van der Waals surface area contributed by atoms with Crippen LogP contribution in [0.15, 0.2) is 11.5 Å². The number of nitrogens with two attached hydrogens (primary N) is 1. The van der Waals surface area contributed by atoms with Crippen LogP contribution in [0, 0.1) is 10.8 Å². The Morgan fingerprint density at radius 1 is 1.47 bits per heavy atom. The number of hydrogen-bond acceptors (Lipinski definition) is 5. The Labute approximate surface area is 119 Å². The third-order valence-electron chi connectivity index (χ3n) is 3.65. The van der Waals surface area contributed by atoms with Gasteiger partial charge in [-0.2, -0.15) is 0 Å². The van der Waals surface area contributed by atoms with E-state index in [0.29, 0.717) is 12.7 Å². The molecule has 5 nitrogen and oxygen atoms in total. The number of nitrogens with one attached hydrogen (secondary N) is 1. The summed E-state index contributed by atoms with van der Waals surface area (Å²) < 4.78 is 0. The van der Waals surface area contributed by atoms with Gasteiger partial charge in [-0.05, 0) is 5.41 Å². The maximum Gasteiger partial charge on any atom is 0.0459 e. The maximum absolute atomic E-state index is 7.23. The van der Waals surface area contributed by atoms with Crippen molar-refractivity contribution in [3.8, 4) is 0 Å². The van der Waals surface area contributed by atoms with Crippen LogP contribution in [0.5, 0.6) is 0 Å². The quantitative estimate of drug-likeness (QED) is 0.601. The van der Waals surface area contributed by atoms with Crippen LogP contribution in [0.4, 0.5) is 0 Å². The van der Waals surface area contributed by atoms with Crippen molar-refractivity contribution in [2.45, 2.75) is 26.8 Å². The minimum atomic E-state index is 0.202. The van der Waals surface area contributed by atoms with Crippen LogP contribution in [0.25, 0.3) is 0 Å². The molecule has 1 aliphatic rings. The van der Waals surface area contributed by atoms with Crippen LogP contribution in [-0.2, 0) is 0 Å². The topological polar surface area (TPSA) is 59.6 Å². The summed E-state index contributed by atoms with van der Waals surface area (Å²) in [5.74, 6) is 0. The van der Waals surface area contributed by atoms with Gasteiger partial charge >= 0.3 is 0 Å². The molecule has 0 aromatic heterocycles. The zero-order valence-electron chi connectivity index (χ0n) is 12.6. The number of hydrazine groups is 1. The molecule has 0 aliphatic carbocycles. The normalized spacial score (nSPS) is 23.5. The summed E-state index contributed by atoms with van der Waals surface area (Å²) in [6.07, 6.45) is 3.31. The molecule has 0 radical (unpaired) electrons. The lowest BCUT2D eigenvalue weighted by molar-refractivity contribution is -0.0598. The summed E-state index contributed by atoms with van der Waals surface area (Å²) in [6.45, 7) is 10.3. The first-order valence-electron chi connectivity index (χ1n) is 6.69. The van der Waals surface area contributed by atoms with Crippen LogP contribution in [0.2, 0.25) is 0 Å². The van der Waals surface area contributed by atoms with E-state index in [1.54, 1.807) is 0 Å². The Morgan fingerprint density at radius 2 is 2.11 bits per heavy atom. The van der Waals surface area contributed by atoms with Gasteiger partial charge in [-0.15, -0.1) is 9.24 Å². The van der Waals surface area contributed by atoms with Crippen molar-refractivity contribution in [1.29, 1.82) is 5.41 Å². The van der Waals surface area contributed by atoms with Gasteiger partial charge in [0.1, 0.15) is 0 Å². The Morgan fingerprint density at radius 3 is 2.58 bits per heavy atom. The van der Waals surface area contributed by atoms with Gasteiger partial charge in [0.15, 0.2) is 0 Å². The Kier molecular flexibility index (Phi) is 5.93. The Hall–Kier alpha value is -0.480. The average Bonchev–Trinajstić information content (AvgIpc) is 2.36. The van der Waals surface area contributed by atoms with Crippen LogP contribution < -0.4 is 5.73 Å². The number of allylic oxidation sites excluding steroid dienone is 1. The second-order valence-electron chi connectivity index (χ2n) is 6.14. The summed E-state index contributed by atoms with van der Waals surface area (Å²) in [6, 6.07) is 0.440. The van der Waals surface area contributed by atoms with E-state index in [1.165, 1.54) is 6.21 Å². The van der Waals surface area contributed by atoms with Crippen molar-refractivity contribution in [3.63, 3.8) is 0 Å². The zero-order valence-corrected chi connectivity index (χ0v) is 13.7. The molecule has 1 rings (SSSR count). The fourth-order valence-electron chi connectivity index (χ4n) is 2.47. The van der Waals surface area contributed by atoms with Crippen LogP contribution >= 0.6 is 9.24 Å². The highest BCUT2D eigenvalue weighted by atomic mass is 31.0. The van der Waals surface area contributed by atoms with Crippen molar-refractivity contribution in [1.82, 2.24) is 14.9 Å². The lowest BCUT2D eigenvalue weighted by Crippen LogP contribution is -2.61. The van der Waals surface area contributed by atoms with Gasteiger partial charge in [0.25, 0.3) is 0 Å². The molecule has 2 unspecified atom stereocenters. The highest BCUT2D eigenvalue weighted by Crippen LogP contribution is 2.27. The first-order chi connectivity index (χ1) is 8.79. The molecule has 3 N–H and O–H groups in total. The van der Waals surface area contributed by atoms with Gasteiger partial charge in [-0.25, -0.2) is 5.01 Å². The number of hydrogen-bond donors (Lipinski definition) is 2. The molecule has 1 saturated heterocycles. The van der Waals surface area contributed by atoms with Crippen LogP contribution in [0.3, 0.4) is 0 Å². The average molecular weight is 285 g/mol. The molecule has 0 bridgehead atoms. The first kappa shape index (κ1) is 16.6. The second kappa shape index (κ2) is 6.80. The summed E-state index contributed by atoms with van der Waals surface area (Å²) in [5.41, 5.74) is 6.07. The van der Waals surface area contributed by atoms with Crippen LogP contribution in [0.1, 0.15) is 20.8 Å². The molecule has 110 valence electrons. The molecule has 0 spiro atoms. The molecule has 0 saturated carbocycles. The number of rotatable bonds is 4. The zero-order chi connectivity index (χ0) is 14.6. The molecule has 19 heavy (non-hydrogen) atoms. The molecular weight excluding hydrogens is 257 g/mol. The SMILES string of the molecule is CN(/C=C(/P)C=N)N1CCN(CN)C(C(C)(C)C)C1. The summed E-state index contributed by atoms with van der Waals surface area (Å²) in [7, 11) is 4.60. The minimum Gasteiger partial charge on any atom is -0.318 e. The molecular formula is C13H28N5P. The van der Waals surface area contributed by atoms with E-state index in [4.69, 9.17) is 11.1 Å². The lowest BCUT2D eigenvalue weighted by Gasteiger charge is -2.48. The van der Waals surface area contributed by atoms with Crippen molar-refractivity contribution in [2.75, 3.05) is 33.4 Å². The Bertz CT molecular complexity index is 336. The number of nitrogens with zero attached hydrogens (tertiary/aromatic N) is 3. The van der Waals surface area contributed by atoms with E-state index >= 15 is 0 Å². The minimum absolute atomic E-state index is 0.202. The molecule has 1 heterocycles. The second-order valence-corrected chi connectivity index (χ2v) is 6.80. The smallest absolute Gasteiger partial charge is 0.0459 e. The molecule has 0 aromatic carbocycles. The van der Waals surface area contributed by atoms with Crippen molar-refractivity contribution in [2.24, 2.45) is 11.1 Å². The summed E-state index contributed by atoms with van der Waals surface area (Å²) >= 11 is 0. The van der Waals surface area contributed by atoms with Crippen molar-refractivity contribution in [3.05, 3.63) is 11.5 Å². The van der Waals surface area contributed by atoms with Crippen LogP contribution in [-0.4, -0.2) is 60.5 Å². The third-order valence-corrected chi connectivity index (χ3v) is 3.97. The Balaban J connectivity index is 2.77. The highest BCUT2D eigenvalue weighted by Gasteiger charge is 2.35. The lowest BCUT2D eigenvalue weighted by atomic mass is 9.84. The monoisotopic (exact) mass is 285 g/mol. The van der Waals surface area contributed by atoms with E-state index in [0.717, 1.165) is 24.9 Å². The van der Waals surface area contributed by atoms with Crippen molar-refractivity contribution >= 4 is 15.5 Å². The van der Waals surface area contributed by atoms with E-state index < -0.39 is 0 Å². The fourth-order valence-corrected chi connectivity index (χ4v) is 2.68. The van der Waals surface area contributed by atoms with Gasteiger partial charge in [0.2, 0.25) is 0 Å². The van der Waals surface area contributed by atoms with Gasteiger partial charge in [0.05, 0.1) is 0 Å². The van der Waals surface area contributed by atoms with E-state index in [1.807, 2.05) is 13.2 Å². The molecule has 0 aromatic rings. The third kappa shape index (κ3) is 4.53. The highest BCUT2D eigenvalue weighted by molar-refractivity contribution is 7.24. The maximum atomic E-state index is 7.23. The number of piperazine rings is 1. The van der Waals surface area contributed by atoms with Gasteiger partial charge in [-0.3, -0.25) is 4.90 Å².